The van der Waals surface area contributed by atoms with Crippen LogP contribution in [-0.2, 0) is 35.2 Å². The molecule has 1 aliphatic heterocycles. The summed E-state index contributed by atoms with van der Waals surface area (Å²) in [7, 11) is 1.58. The number of likely N-dealkylation sites (N-methyl/N-ethyl adjacent to an activating group) is 1. The number of nitrogens with one attached hydrogen (secondary N) is 1. The van der Waals surface area contributed by atoms with Gasteiger partial charge in [0.05, 0.1) is 0 Å². The summed E-state index contributed by atoms with van der Waals surface area (Å²) >= 11 is 5.94. The third-order valence-corrected chi connectivity index (χ3v) is 5.91. The van der Waals surface area contributed by atoms with Crippen molar-refractivity contribution in [3.8, 4) is 0 Å². The Bertz CT molecular complexity index is 1270. The molecule has 2 aromatic carbocycles. The Balaban J connectivity index is 1.68. The number of hydrogen-bond acceptors (Lipinski definition) is 3. The summed E-state index contributed by atoms with van der Waals surface area (Å²) in [5.74, 6) is -1.00. The van der Waals surface area contributed by atoms with E-state index in [1.165, 1.54) is 4.90 Å². The van der Waals surface area contributed by atoms with Gasteiger partial charge < -0.3 is 10.2 Å². The molecule has 2 amide bonds. The van der Waals surface area contributed by atoms with Crippen molar-refractivity contribution in [3.05, 3.63) is 88.2 Å². The van der Waals surface area contributed by atoms with E-state index in [9.17, 15) is 22.8 Å². The lowest BCUT2D eigenvalue weighted by Gasteiger charge is -2.25. The average molecular weight is 503 g/mol. The van der Waals surface area contributed by atoms with Gasteiger partial charge in [0.15, 0.2) is 5.69 Å². The molecule has 4 rings (SSSR count). The first-order valence-electron chi connectivity index (χ1n) is 10.8. The summed E-state index contributed by atoms with van der Waals surface area (Å²) < 4.78 is 40.8. The first kappa shape index (κ1) is 24.5. The molecule has 1 N–H and O–H groups in total. The van der Waals surface area contributed by atoms with Gasteiger partial charge in [-0.3, -0.25) is 14.3 Å². The Morgan fingerprint density at radius 3 is 2.63 bits per heavy atom. The van der Waals surface area contributed by atoms with Gasteiger partial charge in [-0.15, -0.1) is 0 Å². The summed E-state index contributed by atoms with van der Waals surface area (Å²) in [6.07, 6.45) is -0.774. The Kier molecular flexibility index (Phi) is 6.98. The Labute approximate surface area is 205 Å². The van der Waals surface area contributed by atoms with Gasteiger partial charge in [-0.2, -0.15) is 18.3 Å². The van der Waals surface area contributed by atoms with Gasteiger partial charge in [-0.05, 0) is 41.5 Å². The number of rotatable bonds is 2. The van der Waals surface area contributed by atoms with Crippen LogP contribution in [0.15, 0.2) is 60.7 Å². The molecule has 35 heavy (non-hydrogen) atoms. The quantitative estimate of drug-likeness (QED) is 0.560. The van der Waals surface area contributed by atoms with E-state index in [0.717, 1.165) is 21.9 Å². The number of anilines is 1. The van der Waals surface area contributed by atoms with Crippen molar-refractivity contribution < 1.29 is 22.8 Å². The lowest BCUT2D eigenvalue weighted by molar-refractivity contribution is -0.141. The predicted molar refractivity (Wildman–Crippen MR) is 127 cm³/mol. The average Bonchev–Trinajstić information content (AvgIpc) is 3.21. The van der Waals surface area contributed by atoms with Crippen LogP contribution in [0.25, 0.3) is 6.08 Å². The molecular weight excluding hydrogens is 481 g/mol. The van der Waals surface area contributed by atoms with Gasteiger partial charge in [-0.1, -0.05) is 48.0 Å². The van der Waals surface area contributed by atoms with Crippen LogP contribution in [0.4, 0.5) is 18.9 Å². The molecule has 1 aromatic heterocycles. The van der Waals surface area contributed by atoms with Gasteiger partial charge >= 0.3 is 6.18 Å². The van der Waals surface area contributed by atoms with E-state index >= 15 is 0 Å². The van der Waals surface area contributed by atoms with Crippen molar-refractivity contribution in [3.63, 3.8) is 0 Å². The van der Waals surface area contributed by atoms with E-state index in [-0.39, 0.29) is 24.4 Å². The van der Waals surface area contributed by atoms with Crippen LogP contribution >= 0.6 is 11.6 Å². The van der Waals surface area contributed by atoms with E-state index in [1.807, 2.05) is 24.3 Å². The number of benzene rings is 2. The third-order valence-electron chi connectivity index (χ3n) is 5.65. The van der Waals surface area contributed by atoms with Crippen LogP contribution in [-0.4, -0.2) is 34.7 Å². The number of fused-ring (bicyclic) bond motifs is 3. The maximum atomic E-state index is 13.4. The minimum atomic E-state index is -4.64. The molecule has 10 heteroatoms. The zero-order valence-electron chi connectivity index (χ0n) is 18.7. The van der Waals surface area contributed by atoms with E-state index in [1.54, 1.807) is 43.5 Å². The molecule has 3 aromatic rings. The highest BCUT2D eigenvalue weighted by Crippen LogP contribution is 2.29. The number of nitrogens with zero attached hydrogens (tertiary/aromatic N) is 3. The van der Waals surface area contributed by atoms with Crippen molar-refractivity contribution in [2.24, 2.45) is 0 Å². The van der Waals surface area contributed by atoms with Crippen LogP contribution < -0.4 is 10.2 Å². The van der Waals surface area contributed by atoms with E-state index in [2.05, 4.69) is 10.4 Å². The second kappa shape index (κ2) is 9.95. The van der Waals surface area contributed by atoms with Crippen molar-refractivity contribution in [1.29, 1.82) is 0 Å². The molecule has 6 nitrogen and oxygen atoms in total. The third kappa shape index (κ3) is 5.92. The Morgan fingerprint density at radius 2 is 1.91 bits per heavy atom. The number of amides is 2. The van der Waals surface area contributed by atoms with Gasteiger partial charge in [0, 0.05) is 36.3 Å². The van der Waals surface area contributed by atoms with Crippen LogP contribution in [0.1, 0.15) is 22.5 Å². The molecule has 0 unspecified atom stereocenters. The number of aromatic nitrogens is 2. The fourth-order valence-corrected chi connectivity index (χ4v) is 4.00. The monoisotopic (exact) mass is 502 g/mol. The van der Waals surface area contributed by atoms with Crippen molar-refractivity contribution in [1.82, 2.24) is 15.1 Å². The van der Waals surface area contributed by atoms with Crippen LogP contribution in [0.2, 0.25) is 5.02 Å². The maximum Gasteiger partial charge on any atom is 0.435 e. The fourth-order valence-electron chi connectivity index (χ4n) is 3.87. The first-order valence-corrected chi connectivity index (χ1v) is 11.2. The number of carbonyl (C=O) groups excluding carboxylic acids is 2. The molecule has 1 aliphatic rings. The standard InChI is InChI=1S/C25H22ClF3N4O2/c1-32(19-10-8-18(26)9-11-19)24(35)21-13-17-6-2-4-16(12-17)5-3-7-20-14-22(25(27,28)29)31-33(20)15-23(34)30-21/h2-6,8-12,14,21H,7,13,15H2,1H3,(H,30,34)/b5-3+/t21-/m0/s1. The normalized spacial score (nSPS) is 17.3. The minimum absolute atomic E-state index is 0.155. The molecule has 182 valence electrons. The van der Waals surface area contributed by atoms with Crippen molar-refractivity contribution in [2.75, 3.05) is 11.9 Å². The molecular formula is C25H22ClF3N4O2. The summed E-state index contributed by atoms with van der Waals surface area (Å²) in [6.45, 7) is -0.453. The second-order valence-electron chi connectivity index (χ2n) is 8.23. The topological polar surface area (TPSA) is 67.2 Å². The SMILES string of the molecule is CN(C(=O)[C@@H]1Cc2cccc(c2)/C=C/Cc2cc(C(F)(F)F)nn2CC(=O)N1)c1ccc(Cl)cc1. The molecule has 0 aliphatic carbocycles. The summed E-state index contributed by atoms with van der Waals surface area (Å²) in [5, 5.41) is 6.81. The highest BCUT2D eigenvalue weighted by atomic mass is 35.5. The fraction of sp³-hybridized carbons (Fsp3) is 0.240. The number of carbonyl (C=O) groups is 2. The molecule has 0 saturated carbocycles. The number of halogens is 4. The predicted octanol–water partition coefficient (Wildman–Crippen LogP) is 4.52. The Morgan fingerprint density at radius 1 is 1.17 bits per heavy atom. The van der Waals surface area contributed by atoms with Crippen LogP contribution in [0.3, 0.4) is 0 Å². The molecule has 0 spiro atoms. The second-order valence-corrected chi connectivity index (χ2v) is 8.66. The highest BCUT2D eigenvalue weighted by Gasteiger charge is 2.35. The van der Waals surface area contributed by atoms with E-state index in [0.29, 0.717) is 10.7 Å². The summed E-state index contributed by atoms with van der Waals surface area (Å²) in [5.41, 5.74) is 1.40. The van der Waals surface area contributed by atoms with Crippen LogP contribution in [0.5, 0.6) is 0 Å². The molecule has 0 radical (unpaired) electrons. The molecule has 2 heterocycles. The lowest BCUT2D eigenvalue weighted by Crippen LogP contribution is -2.49. The number of alkyl halides is 3. The minimum Gasteiger partial charge on any atom is -0.342 e. The highest BCUT2D eigenvalue weighted by molar-refractivity contribution is 6.30. The lowest BCUT2D eigenvalue weighted by atomic mass is 10.0. The first-order chi connectivity index (χ1) is 16.6. The molecule has 1 atom stereocenters. The zero-order chi connectivity index (χ0) is 25.2. The molecule has 0 fully saturated rings. The largest absolute Gasteiger partial charge is 0.435 e. The van der Waals surface area contributed by atoms with E-state index in [4.69, 9.17) is 11.6 Å². The number of hydrogen-bond donors (Lipinski definition) is 1. The molecule has 0 saturated heterocycles. The number of allylic oxidation sites excluding steroid dienone is 1. The maximum absolute atomic E-state index is 13.4. The van der Waals surface area contributed by atoms with Crippen molar-refractivity contribution >= 4 is 35.2 Å². The van der Waals surface area contributed by atoms with Crippen molar-refractivity contribution in [2.45, 2.75) is 31.6 Å². The van der Waals surface area contributed by atoms with Gasteiger partial charge in [0.25, 0.3) is 0 Å². The summed E-state index contributed by atoms with van der Waals surface area (Å²) in [6, 6.07) is 14.1. The summed E-state index contributed by atoms with van der Waals surface area (Å²) in [4.78, 5) is 27.7. The Hall–Kier alpha value is -3.59. The molecule has 2 bridgehead atoms. The van der Waals surface area contributed by atoms with Gasteiger partial charge in [-0.25, -0.2) is 0 Å². The van der Waals surface area contributed by atoms with Gasteiger partial charge in [0.2, 0.25) is 11.8 Å². The van der Waals surface area contributed by atoms with Crippen LogP contribution in [0, 0.1) is 0 Å². The smallest absolute Gasteiger partial charge is 0.342 e. The van der Waals surface area contributed by atoms with Gasteiger partial charge in [0.1, 0.15) is 12.6 Å². The van der Waals surface area contributed by atoms with E-state index < -0.39 is 30.4 Å². The zero-order valence-corrected chi connectivity index (χ0v) is 19.5.